The summed E-state index contributed by atoms with van der Waals surface area (Å²) >= 11 is 3.35. The number of amides is 1. The lowest BCUT2D eigenvalue weighted by Crippen LogP contribution is -2.46. The fraction of sp³-hybridized carbons (Fsp3) is 0.917. The number of hydrogen-bond acceptors (Lipinski definition) is 3. The van der Waals surface area contributed by atoms with Gasteiger partial charge in [0.05, 0.1) is 5.75 Å². The van der Waals surface area contributed by atoms with Gasteiger partial charge in [-0.2, -0.15) is 0 Å². The average Bonchev–Trinajstić information content (AvgIpc) is 2.39. The molecule has 0 aliphatic carbocycles. The maximum Gasteiger partial charge on any atom is 0.222 e. The Morgan fingerprint density at radius 1 is 1.32 bits per heavy atom. The summed E-state index contributed by atoms with van der Waals surface area (Å²) in [6, 6.07) is -0.0171. The highest BCUT2D eigenvalue weighted by Gasteiger charge is 2.24. The number of unbranched alkanes of at least 4 members (excludes halogenated alkanes) is 1. The second-order valence-corrected chi connectivity index (χ2v) is 7.66. The SMILES string of the molecule is CCS(=O)(=O)NC1CCN(C(=O)CCCCBr)CC1. The Morgan fingerprint density at radius 2 is 1.95 bits per heavy atom. The van der Waals surface area contributed by atoms with Crippen molar-refractivity contribution in [3.05, 3.63) is 0 Å². The van der Waals surface area contributed by atoms with E-state index in [9.17, 15) is 13.2 Å². The van der Waals surface area contributed by atoms with Gasteiger partial charge in [0.2, 0.25) is 15.9 Å². The van der Waals surface area contributed by atoms with Gasteiger partial charge < -0.3 is 4.90 Å². The summed E-state index contributed by atoms with van der Waals surface area (Å²) in [6.45, 7) is 2.94. The third-order valence-electron chi connectivity index (χ3n) is 3.35. The summed E-state index contributed by atoms with van der Waals surface area (Å²) in [5, 5.41) is 0.932. The van der Waals surface area contributed by atoms with Gasteiger partial charge in [0, 0.05) is 30.9 Å². The van der Waals surface area contributed by atoms with E-state index in [0.29, 0.717) is 32.4 Å². The van der Waals surface area contributed by atoms with Crippen molar-refractivity contribution in [1.82, 2.24) is 9.62 Å². The molecule has 19 heavy (non-hydrogen) atoms. The molecule has 1 rings (SSSR count). The van der Waals surface area contributed by atoms with Crippen molar-refractivity contribution in [3.63, 3.8) is 0 Å². The number of sulfonamides is 1. The number of carbonyl (C=O) groups is 1. The third kappa shape index (κ3) is 6.23. The first kappa shape index (κ1) is 16.9. The van der Waals surface area contributed by atoms with Crippen LogP contribution < -0.4 is 4.72 Å². The number of likely N-dealkylation sites (tertiary alicyclic amines) is 1. The molecule has 1 saturated heterocycles. The lowest BCUT2D eigenvalue weighted by molar-refractivity contribution is -0.132. The van der Waals surface area contributed by atoms with Crippen LogP contribution in [0.3, 0.4) is 0 Å². The molecule has 0 unspecified atom stereocenters. The van der Waals surface area contributed by atoms with Crippen molar-refractivity contribution in [1.29, 1.82) is 0 Å². The zero-order valence-corrected chi connectivity index (χ0v) is 13.8. The largest absolute Gasteiger partial charge is 0.343 e. The predicted octanol–water partition coefficient (Wildman–Crippen LogP) is 1.48. The minimum absolute atomic E-state index is 0.0171. The fourth-order valence-corrected chi connectivity index (χ4v) is 3.42. The van der Waals surface area contributed by atoms with Crippen LogP contribution >= 0.6 is 15.9 Å². The Bertz CT molecular complexity index is 378. The smallest absolute Gasteiger partial charge is 0.222 e. The van der Waals surface area contributed by atoms with Gasteiger partial charge >= 0.3 is 0 Å². The Labute approximate surface area is 124 Å². The number of nitrogens with zero attached hydrogens (tertiary/aromatic N) is 1. The molecule has 1 fully saturated rings. The summed E-state index contributed by atoms with van der Waals surface area (Å²) in [7, 11) is -3.13. The number of nitrogens with one attached hydrogen (secondary N) is 1. The van der Waals surface area contributed by atoms with E-state index in [4.69, 9.17) is 0 Å². The van der Waals surface area contributed by atoms with Crippen molar-refractivity contribution in [2.24, 2.45) is 0 Å². The van der Waals surface area contributed by atoms with Crippen LogP contribution in [-0.2, 0) is 14.8 Å². The van der Waals surface area contributed by atoms with Crippen molar-refractivity contribution >= 4 is 31.9 Å². The van der Waals surface area contributed by atoms with E-state index in [1.165, 1.54) is 0 Å². The molecule has 1 amide bonds. The third-order valence-corrected chi connectivity index (χ3v) is 5.36. The van der Waals surface area contributed by atoms with Crippen molar-refractivity contribution in [2.45, 2.75) is 45.1 Å². The quantitative estimate of drug-likeness (QED) is 0.556. The lowest BCUT2D eigenvalue weighted by atomic mass is 10.1. The highest BCUT2D eigenvalue weighted by Crippen LogP contribution is 2.13. The standard InChI is InChI=1S/C12H23BrN2O3S/c1-2-19(17,18)14-11-6-9-15(10-7-11)12(16)5-3-4-8-13/h11,14H,2-10H2,1H3. The van der Waals surface area contributed by atoms with Crippen LogP contribution in [-0.4, -0.2) is 49.4 Å². The molecule has 112 valence electrons. The first-order chi connectivity index (χ1) is 8.98. The van der Waals surface area contributed by atoms with Gasteiger partial charge in [-0.1, -0.05) is 15.9 Å². The van der Waals surface area contributed by atoms with Crippen LogP contribution in [0.1, 0.15) is 39.0 Å². The van der Waals surface area contributed by atoms with Crippen molar-refractivity contribution in [2.75, 3.05) is 24.2 Å². The number of carbonyl (C=O) groups excluding carboxylic acids is 1. The molecule has 0 aromatic carbocycles. The number of rotatable bonds is 7. The minimum atomic E-state index is -3.13. The van der Waals surface area contributed by atoms with Crippen LogP contribution in [0.2, 0.25) is 0 Å². The van der Waals surface area contributed by atoms with Gasteiger partial charge in [-0.3, -0.25) is 4.79 Å². The molecule has 0 saturated carbocycles. The highest BCUT2D eigenvalue weighted by atomic mass is 79.9. The molecule has 0 radical (unpaired) electrons. The van der Waals surface area contributed by atoms with E-state index in [1.807, 2.05) is 4.90 Å². The van der Waals surface area contributed by atoms with Crippen LogP contribution in [0, 0.1) is 0 Å². The summed E-state index contributed by atoms with van der Waals surface area (Å²) < 4.78 is 25.6. The number of hydrogen-bond donors (Lipinski definition) is 1. The maximum atomic E-state index is 11.9. The first-order valence-electron chi connectivity index (χ1n) is 6.82. The van der Waals surface area contributed by atoms with Gasteiger partial charge in [-0.25, -0.2) is 13.1 Å². The maximum absolute atomic E-state index is 11.9. The van der Waals surface area contributed by atoms with Gasteiger partial charge in [-0.15, -0.1) is 0 Å². The Hall–Kier alpha value is -0.140. The molecule has 1 aliphatic rings. The second kappa shape index (κ2) is 8.21. The van der Waals surface area contributed by atoms with Crippen molar-refractivity contribution < 1.29 is 13.2 Å². The van der Waals surface area contributed by atoms with E-state index >= 15 is 0 Å². The van der Waals surface area contributed by atoms with E-state index in [2.05, 4.69) is 20.7 Å². The van der Waals surface area contributed by atoms with Crippen LogP contribution in [0.5, 0.6) is 0 Å². The van der Waals surface area contributed by atoms with Gasteiger partial charge in [0.1, 0.15) is 0 Å². The van der Waals surface area contributed by atoms with E-state index in [0.717, 1.165) is 18.2 Å². The van der Waals surface area contributed by atoms with Gasteiger partial charge in [0.15, 0.2) is 0 Å². The molecular formula is C12H23BrN2O3S. The van der Waals surface area contributed by atoms with Crippen LogP contribution in [0.25, 0.3) is 0 Å². The monoisotopic (exact) mass is 354 g/mol. The molecule has 1 N–H and O–H groups in total. The molecule has 0 aromatic rings. The zero-order valence-electron chi connectivity index (χ0n) is 11.4. The summed E-state index contributed by atoms with van der Waals surface area (Å²) in [4.78, 5) is 13.7. The van der Waals surface area contributed by atoms with E-state index in [1.54, 1.807) is 6.92 Å². The van der Waals surface area contributed by atoms with E-state index in [-0.39, 0.29) is 17.7 Å². The molecule has 0 spiro atoms. The Morgan fingerprint density at radius 3 is 2.47 bits per heavy atom. The summed E-state index contributed by atoms with van der Waals surface area (Å²) in [6.07, 6.45) is 3.94. The predicted molar refractivity (Wildman–Crippen MR) is 79.8 cm³/mol. The van der Waals surface area contributed by atoms with E-state index < -0.39 is 10.0 Å². The summed E-state index contributed by atoms with van der Waals surface area (Å²) in [5.74, 6) is 0.302. The Kier molecular flexibility index (Phi) is 7.31. The van der Waals surface area contributed by atoms with Crippen molar-refractivity contribution in [3.8, 4) is 0 Å². The minimum Gasteiger partial charge on any atom is -0.343 e. The number of halogens is 1. The topological polar surface area (TPSA) is 66.5 Å². The molecular weight excluding hydrogens is 332 g/mol. The zero-order chi connectivity index (χ0) is 14.3. The molecule has 5 nitrogen and oxygen atoms in total. The molecule has 7 heteroatoms. The normalized spacial score (nSPS) is 17.7. The van der Waals surface area contributed by atoms with Gasteiger partial charge in [0.25, 0.3) is 0 Å². The molecule has 0 atom stereocenters. The average molecular weight is 355 g/mol. The Balaban J connectivity index is 2.30. The highest BCUT2D eigenvalue weighted by molar-refractivity contribution is 9.09. The fourth-order valence-electron chi connectivity index (χ4n) is 2.11. The summed E-state index contributed by atoms with van der Waals surface area (Å²) in [5.41, 5.74) is 0. The number of piperidine rings is 1. The molecule has 0 bridgehead atoms. The number of alkyl halides is 1. The van der Waals surface area contributed by atoms with Crippen LogP contribution in [0.4, 0.5) is 0 Å². The lowest BCUT2D eigenvalue weighted by Gasteiger charge is -2.32. The van der Waals surface area contributed by atoms with Gasteiger partial charge in [-0.05, 0) is 32.6 Å². The molecule has 1 aliphatic heterocycles. The molecule has 0 aromatic heterocycles. The second-order valence-electron chi connectivity index (χ2n) is 4.82. The first-order valence-corrected chi connectivity index (χ1v) is 9.59. The van der Waals surface area contributed by atoms with Crippen LogP contribution in [0.15, 0.2) is 0 Å². The molecule has 1 heterocycles.